The molecule has 6 heterocycles. The Morgan fingerprint density at radius 3 is 1.65 bits per heavy atom. The van der Waals surface area contributed by atoms with Crippen LogP contribution < -0.4 is 20.4 Å². The largest absolute Gasteiger partial charge is 0.367 e. The number of aromatic amines is 2. The number of H-pyrrole nitrogens is 2. The number of anilines is 2. The van der Waals surface area contributed by atoms with Crippen LogP contribution >= 0.6 is 0 Å². The van der Waals surface area contributed by atoms with Gasteiger partial charge in [-0.25, -0.2) is 18.7 Å². The van der Waals surface area contributed by atoms with E-state index in [4.69, 9.17) is 9.97 Å². The highest BCUT2D eigenvalue weighted by Gasteiger charge is 2.45. The fourth-order valence-electron chi connectivity index (χ4n) is 9.38. The Morgan fingerprint density at radius 1 is 0.653 bits per heavy atom. The van der Waals surface area contributed by atoms with Gasteiger partial charge in [0.1, 0.15) is 17.3 Å². The van der Waals surface area contributed by atoms with Gasteiger partial charge in [0, 0.05) is 18.8 Å². The second-order valence-corrected chi connectivity index (χ2v) is 15.4. The van der Waals surface area contributed by atoms with E-state index in [1.165, 1.54) is 12.8 Å². The SMILES string of the molecule is Fc1cc(N2[C@@H](c3ccc4nc([C@@H]5CCCN5)[nH]c4c3)CC[C@H]2c2ccc3nc([C@@H]4CCCN4)[nH]c3c2)cc(F)c1N1CCC2(CC1)CC2. The van der Waals surface area contributed by atoms with Crippen LogP contribution in [0.2, 0.25) is 0 Å². The van der Waals surface area contributed by atoms with Crippen molar-refractivity contribution < 1.29 is 8.78 Å². The van der Waals surface area contributed by atoms with E-state index in [-0.39, 0.29) is 29.9 Å². The topological polar surface area (TPSA) is 87.9 Å². The average Bonchev–Trinajstić information content (AvgIpc) is 3.80. The highest BCUT2D eigenvalue weighted by atomic mass is 19.1. The van der Waals surface area contributed by atoms with Crippen LogP contribution in [0.25, 0.3) is 22.1 Å². The first-order valence-electron chi connectivity index (χ1n) is 18.5. The summed E-state index contributed by atoms with van der Waals surface area (Å²) in [6, 6.07) is 16.4. The van der Waals surface area contributed by atoms with E-state index >= 15 is 8.78 Å². The van der Waals surface area contributed by atoms with Gasteiger partial charge in [0.15, 0.2) is 11.6 Å². The van der Waals surface area contributed by atoms with Gasteiger partial charge in [0.2, 0.25) is 0 Å². The number of halogens is 2. The molecule has 0 radical (unpaired) electrons. The number of nitrogens with zero attached hydrogens (tertiary/aromatic N) is 4. The van der Waals surface area contributed by atoms with Crippen LogP contribution in [-0.4, -0.2) is 46.1 Å². The first kappa shape index (κ1) is 29.9. The fourth-order valence-corrected chi connectivity index (χ4v) is 9.38. The Morgan fingerprint density at radius 2 is 1.18 bits per heavy atom. The number of imidazole rings is 2. The van der Waals surface area contributed by atoms with Crippen LogP contribution in [0.1, 0.15) is 111 Å². The van der Waals surface area contributed by atoms with Gasteiger partial charge in [0.05, 0.1) is 46.2 Å². The minimum Gasteiger partial charge on any atom is -0.367 e. The molecule has 5 aromatic rings. The molecule has 10 heteroatoms. The predicted molar refractivity (Wildman–Crippen MR) is 189 cm³/mol. The summed E-state index contributed by atoms with van der Waals surface area (Å²) in [5.41, 5.74) is 7.30. The molecule has 10 rings (SSSR count). The van der Waals surface area contributed by atoms with Crippen molar-refractivity contribution in [3.63, 3.8) is 0 Å². The third-order valence-electron chi connectivity index (χ3n) is 12.4. The number of fused-ring (bicyclic) bond motifs is 2. The van der Waals surface area contributed by atoms with Crippen molar-refractivity contribution in [2.45, 2.75) is 88.4 Å². The molecule has 4 N–H and O–H groups in total. The molecule has 5 aliphatic rings. The van der Waals surface area contributed by atoms with Crippen molar-refractivity contribution in [1.82, 2.24) is 30.6 Å². The number of benzene rings is 3. The number of rotatable bonds is 6. The molecule has 4 atom stereocenters. The third kappa shape index (κ3) is 5.21. The van der Waals surface area contributed by atoms with Crippen LogP contribution in [0, 0.1) is 17.0 Å². The standard InChI is InChI=1S/C39H44F2N8/c40-26-21-25(22-27(41)36(26)48-17-13-39(11-12-39)14-18-48)49-34(23-5-7-28-32(19-23)46-37(44-28)30-3-1-15-42-30)9-10-35(49)24-6-8-29-33(20-24)47-38(45-29)31-4-2-16-43-31/h5-8,19-22,30-31,34-35,42-43H,1-4,9-18H2,(H,44,46)(H,45,47)/t30-,31-,34-,35+/m0/s1. The molecule has 0 unspecified atom stereocenters. The molecule has 1 spiro atoms. The molecule has 4 aliphatic heterocycles. The first-order chi connectivity index (χ1) is 24.0. The molecule has 8 nitrogen and oxygen atoms in total. The minimum atomic E-state index is -0.471. The zero-order chi connectivity index (χ0) is 32.7. The van der Waals surface area contributed by atoms with Gasteiger partial charge in [-0.05, 0) is 130 Å². The van der Waals surface area contributed by atoms with Gasteiger partial charge >= 0.3 is 0 Å². The number of aromatic nitrogens is 4. The smallest absolute Gasteiger partial charge is 0.151 e. The lowest BCUT2D eigenvalue weighted by Gasteiger charge is -2.36. The highest BCUT2D eigenvalue weighted by molar-refractivity contribution is 5.78. The molecule has 2 aromatic heterocycles. The fraction of sp³-hybridized carbons (Fsp3) is 0.487. The molecule has 0 amide bonds. The monoisotopic (exact) mass is 662 g/mol. The van der Waals surface area contributed by atoms with Crippen LogP contribution in [0.3, 0.4) is 0 Å². The van der Waals surface area contributed by atoms with Crippen molar-refractivity contribution in [2.75, 3.05) is 36.0 Å². The van der Waals surface area contributed by atoms with Crippen molar-refractivity contribution >= 4 is 33.4 Å². The molecule has 1 saturated carbocycles. The van der Waals surface area contributed by atoms with Gasteiger partial charge in [0.25, 0.3) is 0 Å². The number of hydrogen-bond donors (Lipinski definition) is 4. The highest BCUT2D eigenvalue weighted by Crippen LogP contribution is 2.54. The lowest BCUT2D eigenvalue weighted by molar-refractivity contribution is 0.379. The second kappa shape index (κ2) is 11.5. The summed E-state index contributed by atoms with van der Waals surface area (Å²) in [6.07, 6.45) is 10.7. The van der Waals surface area contributed by atoms with Crippen molar-refractivity contribution in [2.24, 2.45) is 5.41 Å². The van der Waals surface area contributed by atoms with E-state index < -0.39 is 11.6 Å². The summed E-state index contributed by atoms with van der Waals surface area (Å²) in [4.78, 5) is 21.2. The molecule has 3 aromatic carbocycles. The molecule has 1 aliphatic carbocycles. The maximum Gasteiger partial charge on any atom is 0.151 e. The van der Waals surface area contributed by atoms with Gasteiger partial charge in [-0.15, -0.1) is 0 Å². The maximum atomic E-state index is 16.2. The zero-order valence-corrected chi connectivity index (χ0v) is 27.9. The zero-order valence-electron chi connectivity index (χ0n) is 27.9. The molecule has 49 heavy (non-hydrogen) atoms. The van der Waals surface area contributed by atoms with Crippen LogP contribution in [-0.2, 0) is 0 Å². The Hall–Kier alpha value is -4.02. The summed E-state index contributed by atoms with van der Waals surface area (Å²) >= 11 is 0. The van der Waals surface area contributed by atoms with Crippen molar-refractivity contribution in [1.29, 1.82) is 0 Å². The number of hydrogen-bond acceptors (Lipinski definition) is 6. The molecular weight excluding hydrogens is 618 g/mol. The number of nitrogens with one attached hydrogen (secondary N) is 4. The van der Waals surface area contributed by atoms with E-state index in [9.17, 15) is 0 Å². The normalized spacial score (nSPS) is 26.6. The molecule has 0 bridgehead atoms. The molecule has 5 fully saturated rings. The van der Waals surface area contributed by atoms with Crippen LogP contribution in [0.15, 0.2) is 48.5 Å². The van der Waals surface area contributed by atoms with E-state index in [0.717, 1.165) is 109 Å². The molecule has 4 saturated heterocycles. The Kier molecular flexibility index (Phi) is 7.02. The van der Waals surface area contributed by atoms with Crippen LogP contribution in [0.5, 0.6) is 0 Å². The summed E-state index contributed by atoms with van der Waals surface area (Å²) in [5.74, 6) is 1.02. The summed E-state index contributed by atoms with van der Waals surface area (Å²) in [5, 5.41) is 7.09. The Labute approximate surface area is 285 Å². The second-order valence-electron chi connectivity index (χ2n) is 15.4. The first-order valence-corrected chi connectivity index (χ1v) is 18.5. The maximum absolute atomic E-state index is 16.2. The van der Waals surface area contributed by atoms with E-state index in [1.54, 1.807) is 12.1 Å². The summed E-state index contributed by atoms with van der Waals surface area (Å²) in [7, 11) is 0. The van der Waals surface area contributed by atoms with Crippen molar-refractivity contribution in [3.8, 4) is 0 Å². The van der Waals surface area contributed by atoms with E-state index in [1.807, 2.05) is 4.90 Å². The van der Waals surface area contributed by atoms with Crippen LogP contribution in [0.4, 0.5) is 20.2 Å². The predicted octanol–water partition coefficient (Wildman–Crippen LogP) is 8.03. The van der Waals surface area contributed by atoms with Crippen molar-refractivity contribution in [3.05, 3.63) is 82.9 Å². The van der Waals surface area contributed by atoms with Gasteiger partial charge in [-0.3, -0.25) is 0 Å². The summed E-state index contributed by atoms with van der Waals surface area (Å²) in [6.45, 7) is 3.46. The Bertz CT molecular complexity index is 1900. The lowest BCUT2D eigenvalue weighted by atomic mass is 9.93. The number of piperidine rings is 1. The Balaban J connectivity index is 1.02. The van der Waals surface area contributed by atoms with Gasteiger partial charge in [-0.2, -0.15) is 0 Å². The van der Waals surface area contributed by atoms with E-state index in [2.05, 4.69) is 61.9 Å². The lowest BCUT2D eigenvalue weighted by Crippen LogP contribution is -2.35. The summed E-state index contributed by atoms with van der Waals surface area (Å²) < 4.78 is 32.4. The molecule has 254 valence electrons. The minimum absolute atomic E-state index is 0.0594. The quantitative estimate of drug-likeness (QED) is 0.147. The third-order valence-corrected chi connectivity index (χ3v) is 12.4. The molecular formula is C39H44F2N8. The van der Waals surface area contributed by atoms with Gasteiger partial charge < -0.3 is 30.4 Å². The van der Waals surface area contributed by atoms with Gasteiger partial charge in [-0.1, -0.05) is 12.1 Å². The average molecular weight is 663 g/mol. The van der Waals surface area contributed by atoms with E-state index in [0.29, 0.717) is 24.2 Å².